The fourth-order valence-corrected chi connectivity index (χ4v) is 33.4. The highest BCUT2D eigenvalue weighted by Gasteiger charge is 2.69. The van der Waals surface area contributed by atoms with E-state index >= 15 is 0 Å². The van der Waals surface area contributed by atoms with Crippen LogP contribution in [0.3, 0.4) is 0 Å². The summed E-state index contributed by atoms with van der Waals surface area (Å²) in [5.74, 6) is -0.180. The molecule has 19 heteroatoms. The first kappa shape index (κ1) is 51.5. The Morgan fingerprint density at radius 1 is 0.574 bits per heavy atom. The second-order valence-corrected chi connectivity index (χ2v) is 35.3. The molecule has 4 saturated heterocycles. The molecule has 4 fully saturated rings. The van der Waals surface area contributed by atoms with Crippen molar-refractivity contribution in [2.75, 3.05) is 27.2 Å². The summed E-state index contributed by atoms with van der Waals surface area (Å²) in [5.41, 5.74) is 2.06. The zero-order valence-corrected chi connectivity index (χ0v) is 45.0. The average molecular weight is 952 g/mol. The lowest BCUT2D eigenvalue weighted by atomic mass is 10.1. The maximum absolute atomic E-state index is 14.6. The molecule has 0 aromatic heterocycles. The largest absolute Gasteiger partial charge is 0.453 e. The van der Waals surface area contributed by atoms with Gasteiger partial charge in [-0.05, 0) is 49.9 Å². The minimum absolute atomic E-state index is 0.0369. The number of amidine groups is 4. The highest BCUT2D eigenvalue weighted by Crippen LogP contribution is 2.65. The minimum Gasteiger partial charge on any atom is -0.453 e. The molecule has 0 aliphatic carbocycles. The number of carbonyl (C=O) groups excluding carboxylic acids is 4. The summed E-state index contributed by atoms with van der Waals surface area (Å²) in [4.78, 5) is 61.4. The quantitative estimate of drug-likeness (QED) is 0.0841. The lowest BCUT2D eigenvalue weighted by molar-refractivity contribution is -0.126. The van der Waals surface area contributed by atoms with E-state index in [-0.39, 0.29) is 56.3 Å². The molecule has 4 heterocycles. The standard InChI is InChI=1S/C42H70N8O5S4Si2/c1-23(2)21-49-33(51)29(13)56-39(49)45-43-37-47(19)35(53)31(58-37)41(15,16)60(25(5)6,26(7)8)55-61(27(9)10,28(11)12)42(17,18)32-36(54)48(20)38(59-32)44-46-40-50(22-24(3)4)34(52)30(14)57-40/h25-32H,1,3,21-22H2,2,4-20H3. The van der Waals surface area contributed by atoms with Crippen LogP contribution in [0.4, 0.5) is 0 Å². The predicted molar refractivity (Wildman–Crippen MR) is 266 cm³/mol. The molecule has 340 valence electrons. The Morgan fingerprint density at radius 3 is 1.11 bits per heavy atom. The topological polar surface area (TPSA) is 140 Å². The zero-order valence-electron chi connectivity index (χ0n) is 39.7. The van der Waals surface area contributed by atoms with Crippen molar-refractivity contribution in [1.29, 1.82) is 0 Å². The molecule has 0 bridgehead atoms. The second kappa shape index (κ2) is 19.1. The summed E-state index contributed by atoms with van der Waals surface area (Å²) in [6.07, 6.45) is 0. The van der Waals surface area contributed by atoms with Crippen LogP contribution in [-0.2, 0) is 23.3 Å². The van der Waals surface area contributed by atoms with E-state index in [1.165, 1.54) is 47.0 Å². The van der Waals surface area contributed by atoms with Gasteiger partial charge in [-0.15, -0.1) is 20.4 Å². The van der Waals surface area contributed by atoms with E-state index in [1.54, 1.807) is 33.7 Å². The zero-order chi connectivity index (χ0) is 46.5. The molecule has 4 atom stereocenters. The van der Waals surface area contributed by atoms with E-state index < -0.39 is 37.2 Å². The summed E-state index contributed by atoms with van der Waals surface area (Å²) in [6.45, 7) is 43.0. The van der Waals surface area contributed by atoms with Crippen molar-refractivity contribution in [2.45, 2.75) is 164 Å². The van der Waals surface area contributed by atoms with Crippen molar-refractivity contribution >= 4 is 108 Å². The number of rotatable bonds is 16. The molecule has 0 N–H and O–H groups in total. The first-order valence-electron chi connectivity index (χ1n) is 21.2. The molecule has 4 aliphatic rings. The smallest absolute Gasteiger partial charge is 0.242 e. The molecule has 61 heavy (non-hydrogen) atoms. The molecule has 4 rings (SSSR count). The summed E-state index contributed by atoms with van der Waals surface area (Å²) in [7, 11) is -2.67. The van der Waals surface area contributed by atoms with E-state index in [0.717, 1.165) is 11.1 Å². The van der Waals surface area contributed by atoms with Crippen molar-refractivity contribution in [3.8, 4) is 0 Å². The third-order valence-electron chi connectivity index (χ3n) is 12.8. The molecule has 4 unspecified atom stereocenters. The van der Waals surface area contributed by atoms with Gasteiger partial charge in [0.15, 0.2) is 37.3 Å². The van der Waals surface area contributed by atoms with Gasteiger partial charge in [-0.3, -0.25) is 38.8 Å². The van der Waals surface area contributed by atoms with Crippen molar-refractivity contribution in [3.63, 3.8) is 0 Å². The van der Waals surface area contributed by atoms with Crippen LogP contribution >= 0.6 is 47.0 Å². The first-order valence-corrected chi connectivity index (χ1v) is 28.8. The van der Waals surface area contributed by atoms with Crippen LogP contribution in [0, 0.1) is 0 Å². The number of nitrogens with zero attached hydrogens (tertiary/aromatic N) is 8. The molecular weight excluding hydrogens is 881 g/mol. The second-order valence-electron chi connectivity index (χ2n) is 19.4. The number of thioether (sulfide) groups is 4. The minimum atomic E-state index is -3.08. The maximum atomic E-state index is 14.6. The molecule has 0 aromatic carbocycles. The molecule has 13 nitrogen and oxygen atoms in total. The van der Waals surface area contributed by atoms with Gasteiger partial charge in [0.2, 0.25) is 23.6 Å². The van der Waals surface area contributed by atoms with Gasteiger partial charge in [0.1, 0.15) is 0 Å². The highest BCUT2D eigenvalue weighted by molar-refractivity contribution is 8.16. The van der Waals surface area contributed by atoms with E-state index in [1.807, 2.05) is 27.7 Å². The Hall–Kier alpha value is -2.17. The van der Waals surface area contributed by atoms with E-state index in [9.17, 15) is 19.2 Å². The van der Waals surface area contributed by atoms with Crippen molar-refractivity contribution in [1.82, 2.24) is 19.6 Å². The van der Waals surface area contributed by atoms with Gasteiger partial charge in [0, 0.05) is 37.3 Å². The third-order valence-corrected chi connectivity index (χ3v) is 32.7. The summed E-state index contributed by atoms with van der Waals surface area (Å²) in [6, 6.07) is 0. The van der Waals surface area contributed by atoms with Gasteiger partial charge in [-0.2, -0.15) is 0 Å². The summed E-state index contributed by atoms with van der Waals surface area (Å²) in [5, 5.41) is 17.5. The molecule has 0 aromatic rings. The number of amides is 4. The molecule has 4 amide bonds. The SMILES string of the molecule is C=C(C)CN1C(=O)C(C)SC1=NN=C1SC(C(C)(C)[Si](O[Si](C(C)C)(C(C)C)C(C)(C)C2SC(=NN=C3SC(C)C(=O)N3CC(=C)C)N(C)C2=O)(C(C)C)C(C)C)C(=O)N1C. The molecule has 0 spiro atoms. The Bertz CT molecular complexity index is 1780. The number of hydrogen-bond donors (Lipinski definition) is 0. The van der Waals surface area contributed by atoms with Gasteiger partial charge >= 0.3 is 0 Å². The molecule has 0 radical (unpaired) electrons. The number of hydrogen-bond acceptors (Lipinski definition) is 13. The lowest BCUT2D eigenvalue weighted by Gasteiger charge is -2.61. The third kappa shape index (κ3) is 9.22. The van der Waals surface area contributed by atoms with Crippen LogP contribution < -0.4 is 0 Å². The van der Waals surface area contributed by atoms with Gasteiger partial charge in [0.25, 0.3) is 0 Å². The Kier molecular flexibility index (Phi) is 16.1. The monoisotopic (exact) mass is 950 g/mol. The summed E-state index contributed by atoms with van der Waals surface area (Å²) >= 11 is 5.57. The molecular formula is C42H70N8O5S4Si2. The van der Waals surface area contributed by atoms with E-state index in [0.29, 0.717) is 33.8 Å². The fraction of sp³-hybridized carbons (Fsp3) is 0.714. The molecule has 4 aliphatic heterocycles. The normalized spacial score (nSPS) is 26.3. The van der Waals surface area contributed by atoms with Gasteiger partial charge in [-0.25, -0.2) is 0 Å². The summed E-state index contributed by atoms with van der Waals surface area (Å²) < 4.78 is 8.36. The van der Waals surface area contributed by atoms with Crippen LogP contribution in [0.25, 0.3) is 0 Å². The Balaban J connectivity index is 1.79. The van der Waals surface area contributed by atoms with Crippen molar-refractivity contribution in [2.24, 2.45) is 20.4 Å². The lowest BCUT2D eigenvalue weighted by Crippen LogP contribution is -2.69. The van der Waals surface area contributed by atoms with Crippen LogP contribution in [0.2, 0.25) is 32.2 Å². The molecule has 0 saturated carbocycles. The van der Waals surface area contributed by atoms with E-state index in [4.69, 9.17) is 4.12 Å². The fourth-order valence-electron chi connectivity index (χ4n) is 10.2. The van der Waals surface area contributed by atoms with Crippen LogP contribution in [0.1, 0.15) is 111 Å². The Morgan fingerprint density at radius 2 is 0.852 bits per heavy atom. The Labute approximate surface area is 384 Å². The predicted octanol–water partition coefficient (Wildman–Crippen LogP) is 9.58. The van der Waals surface area contributed by atoms with Gasteiger partial charge in [-0.1, -0.05) is 154 Å². The number of carbonyl (C=O) groups is 4. The van der Waals surface area contributed by atoms with Gasteiger partial charge < -0.3 is 4.12 Å². The van der Waals surface area contributed by atoms with Crippen LogP contribution in [-0.4, -0.2) is 129 Å². The van der Waals surface area contributed by atoms with Crippen molar-refractivity contribution < 1.29 is 23.3 Å². The maximum Gasteiger partial charge on any atom is 0.242 e. The van der Waals surface area contributed by atoms with E-state index in [2.05, 4.69) is 117 Å². The highest BCUT2D eigenvalue weighted by atomic mass is 32.2. The van der Waals surface area contributed by atoms with Gasteiger partial charge in [0.05, 0.1) is 21.0 Å². The average Bonchev–Trinajstić information content (AvgIpc) is 3.79. The van der Waals surface area contributed by atoms with Crippen LogP contribution in [0.5, 0.6) is 0 Å². The van der Waals surface area contributed by atoms with Crippen molar-refractivity contribution in [3.05, 3.63) is 24.3 Å². The van der Waals surface area contributed by atoms with Crippen LogP contribution in [0.15, 0.2) is 44.7 Å². The first-order chi connectivity index (χ1) is 28.0.